The number of halogens is 3. The van der Waals surface area contributed by atoms with Gasteiger partial charge in [0.05, 0.1) is 16.0 Å². The molecule has 5 nitrogen and oxygen atoms in total. The van der Waals surface area contributed by atoms with Crippen molar-refractivity contribution in [2.24, 2.45) is 28.3 Å². The van der Waals surface area contributed by atoms with Crippen molar-refractivity contribution in [2.45, 2.75) is 25.7 Å². The SMILES string of the molecule is Cl.NC(N)=NCC1CCC(C(=O)Oc2c(Cl)cc(-c3ccccc3)cc2Cl)CC1. The van der Waals surface area contributed by atoms with Gasteiger partial charge in [0.15, 0.2) is 11.7 Å². The lowest BCUT2D eigenvalue weighted by Crippen LogP contribution is -2.28. The fourth-order valence-electron chi connectivity index (χ4n) is 3.45. The van der Waals surface area contributed by atoms with Crippen molar-refractivity contribution in [3.63, 3.8) is 0 Å². The molecule has 0 aliphatic heterocycles. The van der Waals surface area contributed by atoms with Crippen LogP contribution in [0.3, 0.4) is 0 Å². The minimum absolute atomic E-state index is 0. The standard InChI is InChI=1S/C21H23Cl2N3O2.ClH/c22-17-10-16(14-4-2-1-3-5-14)11-18(23)19(17)28-20(27)15-8-6-13(7-9-15)12-26-21(24)25;/h1-5,10-11,13,15H,6-9,12H2,(H4,24,25,26);1H. The molecule has 4 N–H and O–H groups in total. The van der Waals surface area contributed by atoms with Gasteiger partial charge in [-0.15, -0.1) is 12.4 Å². The van der Waals surface area contributed by atoms with Crippen LogP contribution in [0.15, 0.2) is 47.5 Å². The van der Waals surface area contributed by atoms with E-state index in [1.165, 1.54) is 0 Å². The number of nitrogens with two attached hydrogens (primary N) is 2. The molecule has 0 spiro atoms. The molecule has 2 aromatic carbocycles. The van der Waals surface area contributed by atoms with Crippen molar-refractivity contribution in [2.75, 3.05) is 6.54 Å². The molecule has 0 heterocycles. The molecule has 0 saturated heterocycles. The number of hydrogen-bond donors (Lipinski definition) is 2. The third-order valence-electron chi connectivity index (χ3n) is 5.02. The summed E-state index contributed by atoms with van der Waals surface area (Å²) in [6, 6.07) is 13.3. The van der Waals surface area contributed by atoms with E-state index in [2.05, 4.69) is 4.99 Å². The summed E-state index contributed by atoms with van der Waals surface area (Å²) in [6.07, 6.45) is 3.23. The van der Waals surface area contributed by atoms with Crippen molar-refractivity contribution in [3.05, 3.63) is 52.5 Å². The summed E-state index contributed by atoms with van der Waals surface area (Å²) < 4.78 is 5.57. The Morgan fingerprint density at radius 2 is 1.59 bits per heavy atom. The summed E-state index contributed by atoms with van der Waals surface area (Å²) in [5.41, 5.74) is 12.6. The Morgan fingerprint density at radius 1 is 1.00 bits per heavy atom. The van der Waals surface area contributed by atoms with Crippen LogP contribution in [-0.2, 0) is 4.79 Å². The Balaban J connectivity index is 0.00000300. The van der Waals surface area contributed by atoms with Crippen LogP contribution in [0, 0.1) is 11.8 Å². The number of carbonyl (C=O) groups is 1. The van der Waals surface area contributed by atoms with E-state index in [4.69, 9.17) is 39.4 Å². The van der Waals surface area contributed by atoms with Gasteiger partial charge in [-0.25, -0.2) is 0 Å². The molecule has 0 radical (unpaired) electrons. The monoisotopic (exact) mass is 455 g/mol. The van der Waals surface area contributed by atoms with Crippen LogP contribution in [-0.4, -0.2) is 18.5 Å². The zero-order valence-corrected chi connectivity index (χ0v) is 18.1. The maximum atomic E-state index is 12.6. The summed E-state index contributed by atoms with van der Waals surface area (Å²) >= 11 is 12.7. The Morgan fingerprint density at radius 3 is 2.14 bits per heavy atom. The quantitative estimate of drug-likeness (QED) is 0.284. The first-order valence-corrected chi connectivity index (χ1v) is 10.0. The van der Waals surface area contributed by atoms with E-state index in [0.29, 0.717) is 22.5 Å². The lowest BCUT2D eigenvalue weighted by Gasteiger charge is -2.26. The molecule has 1 aliphatic rings. The van der Waals surface area contributed by atoms with Gasteiger partial charge in [-0.2, -0.15) is 0 Å². The summed E-state index contributed by atoms with van der Waals surface area (Å²) in [5.74, 6) is 0.247. The third kappa shape index (κ3) is 6.26. The van der Waals surface area contributed by atoms with Crippen molar-refractivity contribution in [1.29, 1.82) is 0 Å². The maximum absolute atomic E-state index is 12.6. The van der Waals surface area contributed by atoms with Crippen molar-refractivity contribution < 1.29 is 9.53 Å². The van der Waals surface area contributed by atoms with Gasteiger partial charge in [0.2, 0.25) is 0 Å². The van der Waals surface area contributed by atoms with Crippen LogP contribution in [0.2, 0.25) is 10.0 Å². The Labute approximate surface area is 186 Å². The largest absolute Gasteiger partial charge is 0.423 e. The molecule has 0 unspecified atom stereocenters. The molecule has 0 amide bonds. The van der Waals surface area contributed by atoms with E-state index >= 15 is 0 Å². The Kier molecular flexibility index (Phi) is 8.62. The maximum Gasteiger partial charge on any atom is 0.314 e. The van der Waals surface area contributed by atoms with Crippen LogP contribution < -0.4 is 16.2 Å². The number of ether oxygens (including phenoxy) is 1. The van der Waals surface area contributed by atoms with E-state index < -0.39 is 0 Å². The van der Waals surface area contributed by atoms with Gasteiger partial charge < -0.3 is 16.2 Å². The van der Waals surface area contributed by atoms with Gasteiger partial charge in [-0.1, -0.05) is 53.5 Å². The van der Waals surface area contributed by atoms with Gasteiger partial charge in [-0.05, 0) is 54.9 Å². The highest BCUT2D eigenvalue weighted by Gasteiger charge is 2.28. The first-order chi connectivity index (χ1) is 13.4. The molecule has 8 heteroatoms. The fourth-order valence-corrected chi connectivity index (χ4v) is 4.02. The molecule has 3 rings (SSSR count). The molecular weight excluding hydrogens is 433 g/mol. The molecule has 29 heavy (non-hydrogen) atoms. The zero-order chi connectivity index (χ0) is 20.1. The second kappa shape index (κ2) is 10.7. The lowest BCUT2D eigenvalue weighted by molar-refractivity contribution is -0.140. The van der Waals surface area contributed by atoms with Crippen molar-refractivity contribution >= 4 is 47.5 Å². The number of carbonyl (C=O) groups excluding carboxylic acids is 1. The highest BCUT2D eigenvalue weighted by Crippen LogP contribution is 2.39. The molecule has 0 bridgehead atoms. The predicted molar refractivity (Wildman–Crippen MR) is 121 cm³/mol. The molecule has 0 aromatic heterocycles. The third-order valence-corrected chi connectivity index (χ3v) is 5.58. The second-order valence-corrected chi connectivity index (χ2v) is 7.85. The number of guanidine groups is 1. The lowest BCUT2D eigenvalue weighted by atomic mass is 9.82. The van der Waals surface area contributed by atoms with Crippen molar-refractivity contribution in [3.8, 4) is 16.9 Å². The first kappa shape index (κ1) is 23.3. The number of aliphatic imine (C=N–C) groups is 1. The summed E-state index contributed by atoms with van der Waals surface area (Å²) in [7, 11) is 0. The van der Waals surface area contributed by atoms with E-state index in [1.807, 2.05) is 30.3 Å². The Bertz CT molecular complexity index is 840. The minimum atomic E-state index is -0.295. The zero-order valence-electron chi connectivity index (χ0n) is 15.8. The molecule has 1 saturated carbocycles. The average molecular weight is 457 g/mol. The number of rotatable bonds is 5. The van der Waals surface area contributed by atoms with Gasteiger partial charge >= 0.3 is 5.97 Å². The number of nitrogens with zero attached hydrogens (tertiary/aromatic N) is 1. The van der Waals surface area contributed by atoms with Crippen LogP contribution in [0.5, 0.6) is 5.75 Å². The summed E-state index contributed by atoms with van der Waals surface area (Å²) in [5, 5.41) is 0.641. The fraction of sp³-hybridized carbons (Fsp3) is 0.333. The first-order valence-electron chi connectivity index (χ1n) is 9.25. The minimum Gasteiger partial charge on any atom is -0.423 e. The van der Waals surface area contributed by atoms with E-state index in [0.717, 1.165) is 36.8 Å². The van der Waals surface area contributed by atoms with Gasteiger partial charge in [0, 0.05) is 6.54 Å². The average Bonchev–Trinajstić information content (AvgIpc) is 2.70. The second-order valence-electron chi connectivity index (χ2n) is 7.04. The molecule has 1 fully saturated rings. The van der Waals surface area contributed by atoms with Crippen LogP contribution in [0.1, 0.15) is 25.7 Å². The van der Waals surface area contributed by atoms with E-state index in [1.54, 1.807) is 12.1 Å². The summed E-state index contributed by atoms with van der Waals surface area (Å²) in [6.45, 7) is 0.600. The predicted octanol–water partition coefficient (Wildman–Crippen LogP) is 5.07. The molecule has 1 aliphatic carbocycles. The number of benzene rings is 2. The van der Waals surface area contributed by atoms with Gasteiger partial charge in [0.1, 0.15) is 0 Å². The molecule has 0 atom stereocenters. The highest BCUT2D eigenvalue weighted by atomic mass is 35.5. The summed E-state index contributed by atoms with van der Waals surface area (Å²) in [4.78, 5) is 16.7. The molecular formula is C21H24Cl3N3O2. The van der Waals surface area contributed by atoms with Crippen LogP contribution in [0.4, 0.5) is 0 Å². The van der Waals surface area contributed by atoms with E-state index in [-0.39, 0.29) is 36.0 Å². The van der Waals surface area contributed by atoms with Crippen LogP contribution >= 0.6 is 35.6 Å². The van der Waals surface area contributed by atoms with Gasteiger partial charge in [0.25, 0.3) is 0 Å². The highest BCUT2D eigenvalue weighted by molar-refractivity contribution is 6.37. The normalized spacial score (nSPS) is 18.4. The van der Waals surface area contributed by atoms with E-state index in [9.17, 15) is 4.79 Å². The number of esters is 1. The smallest absolute Gasteiger partial charge is 0.314 e. The van der Waals surface area contributed by atoms with Gasteiger partial charge in [-0.3, -0.25) is 9.79 Å². The molecule has 2 aromatic rings. The number of hydrogen-bond acceptors (Lipinski definition) is 3. The Hall–Kier alpha value is -1.95. The van der Waals surface area contributed by atoms with Crippen molar-refractivity contribution in [1.82, 2.24) is 0 Å². The van der Waals surface area contributed by atoms with Crippen LogP contribution in [0.25, 0.3) is 11.1 Å². The topological polar surface area (TPSA) is 90.7 Å². The molecule has 156 valence electrons.